The molecule has 0 aromatic carbocycles. The third-order valence-electron chi connectivity index (χ3n) is 1.94. The van der Waals surface area contributed by atoms with Crippen molar-refractivity contribution < 1.29 is 4.84 Å². The topological polar surface area (TPSA) is 26.5 Å². The van der Waals surface area contributed by atoms with Crippen LogP contribution in [0.1, 0.15) is 20.3 Å². The van der Waals surface area contributed by atoms with Crippen molar-refractivity contribution in [1.29, 1.82) is 0 Å². The van der Waals surface area contributed by atoms with E-state index in [9.17, 15) is 0 Å². The van der Waals surface area contributed by atoms with E-state index in [1.807, 2.05) is 24.4 Å². The lowest BCUT2D eigenvalue weighted by molar-refractivity contribution is 0.153. The van der Waals surface area contributed by atoms with E-state index in [-0.39, 0.29) is 0 Å². The van der Waals surface area contributed by atoms with Gasteiger partial charge >= 0.3 is 0 Å². The van der Waals surface area contributed by atoms with Crippen molar-refractivity contribution in [3.8, 4) is 0 Å². The summed E-state index contributed by atoms with van der Waals surface area (Å²) in [4.78, 5) is 9.60. The molecule has 1 aromatic heterocycles. The molecular weight excluding hydrogens is 164 g/mol. The second-order valence-electron chi connectivity index (χ2n) is 2.95. The Morgan fingerprint density at radius 3 is 2.92 bits per heavy atom. The van der Waals surface area contributed by atoms with Gasteiger partial charge in [-0.3, -0.25) is 4.99 Å². The highest BCUT2D eigenvalue weighted by atomic mass is 16.6. The van der Waals surface area contributed by atoms with Gasteiger partial charge in [0.25, 0.3) is 0 Å². The van der Waals surface area contributed by atoms with Gasteiger partial charge in [0.1, 0.15) is 7.11 Å². The van der Waals surface area contributed by atoms with Crippen LogP contribution in [-0.4, -0.2) is 17.9 Å². The molecule has 0 bridgehead atoms. The minimum atomic E-state index is 0.337. The second-order valence-corrected chi connectivity index (χ2v) is 2.95. The van der Waals surface area contributed by atoms with Crippen molar-refractivity contribution >= 4 is 0 Å². The predicted octanol–water partition coefficient (Wildman–Crippen LogP) is 1.25. The van der Waals surface area contributed by atoms with Crippen molar-refractivity contribution in [2.24, 2.45) is 4.99 Å². The molecule has 0 aliphatic carbocycles. The summed E-state index contributed by atoms with van der Waals surface area (Å²) < 4.78 is 1.66. The average Bonchev–Trinajstić information content (AvgIpc) is 2.18. The van der Waals surface area contributed by atoms with E-state index < -0.39 is 0 Å². The van der Waals surface area contributed by atoms with Crippen molar-refractivity contribution in [3.63, 3.8) is 0 Å². The molecule has 1 aromatic rings. The number of aromatic nitrogens is 1. The largest absolute Gasteiger partial charge is 0.416 e. The van der Waals surface area contributed by atoms with Crippen LogP contribution < -0.4 is 10.3 Å². The quantitative estimate of drug-likeness (QED) is 0.687. The monoisotopic (exact) mass is 180 g/mol. The molecule has 1 atom stereocenters. The molecule has 0 aliphatic heterocycles. The van der Waals surface area contributed by atoms with Gasteiger partial charge in [0.05, 0.1) is 0 Å². The molecule has 3 nitrogen and oxygen atoms in total. The number of hydrogen-bond acceptors (Lipinski definition) is 2. The molecule has 1 unspecified atom stereocenters. The van der Waals surface area contributed by atoms with Crippen LogP contribution in [0.15, 0.2) is 29.4 Å². The number of rotatable bonds is 3. The zero-order valence-electron chi connectivity index (χ0n) is 8.40. The van der Waals surface area contributed by atoms with Crippen LogP contribution in [0.2, 0.25) is 0 Å². The Morgan fingerprint density at radius 2 is 2.31 bits per heavy atom. The minimum Gasteiger partial charge on any atom is -0.416 e. The van der Waals surface area contributed by atoms with Gasteiger partial charge in [-0.05, 0) is 25.5 Å². The third kappa shape index (κ3) is 2.61. The Kier molecular flexibility index (Phi) is 3.55. The fraction of sp³-hybridized carbons (Fsp3) is 0.500. The van der Waals surface area contributed by atoms with Crippen LogP contribution in [0.5, 0.6) is 0 Å². The standard InChI is InChI=1S/C10H16N2O/c1-4-9(2)11-10-7-5-6-8-12(10)13-3/h5-9H,4H2,1-3H3/b11-10-. The molecule has 0 saturated heterocycles. The zero-order valence-corrected chi connectivity index (χ0v) is 8.40. The summed E-state index contributed by atoms with van der Waals surface area (Å²) in [6.45, 7) is 4.21. The zero-order chi connectivity index (χ0) is 9.68. The Balaban J connectivity index is 3.05. The SMILES string of the molecule is CCC(C)/N=c1/ccccn1OC. The first-order valence-corrected chi connectivity index (χ1v) is 4.54. The maximum Gasteiger partial charge on any atom is 0.163 e. The number of pyridine rings is 1. The molecule has 0 saturated carbocycles. The van der Waals surface area contributed by atoms with Crippen LogP contribution in [0.3, 0.4) is 0 Å². The Labute approximate surface area is 78.6 Å². The molecule has 72 valence electrons. The highest BCUT2D eigenvalue weighted by Crippen LogP contribution is 1.92. The molecule has 0 fully saturated rings. The average molecular weight is 180 g/mol. The maximum absolute atomic E-state index is 5.11. The molecule has 0 spiro atoms. The van der Waals surface area contributed by atoms with E-state index in [0.29, 0.717) is 6.04 Å². The lowest BCUT2D eigenvalue weighted by atomic mass is 10.3. The fourth-order valence-electron chi connectivity index (χ4n) is 0.991. The first kappa shape index (κ1) is 9.84. The van der Waals surface area contributed by atoms with Gasteiger partial charge in [0.2, 0.25) is 0 Å². The van der Waals surface area contributed by atoms with E-state index in [0.717, 1.165) is 11.9 Å². The van der Waals surface area contributed by atoms with Crippen molar-refractivity contribution in [2.45, 2.75) is 26.3 Å². The van der Waals surface area contributed by atoms with Crippen LogP contribution >= 0.6 is 0 Å². The van der Waals surface area contributed by atoms with Crippen molar-refractivity contribution in [1.82, 2.24) is 4.73 Å². The summed E-state index contributed by atoms with van der Waals surface area (Å²) in [7, 11) is 1.63. The van der Waals surface area contributed by atoms with Gasteiger partial charge in [0, 0.05) is 12.2 Å². The first-order chi connectivity index (χ1) is 6.27. The highest BCUT2D eigenvalue weighted by Gasteiger charge is 1.94. The Morgan fingerprint density at radius 1 is 1.54 bits per heavy atom. The van der Waals surface area contributed by atoms with Crippen LogP contribution in [0.25, 0.3) is 0 Å². The number of hydrogen-bond donors (Lipinski definition) is 0. The fourth-order valence-corrected chi connectivity index (χ4v) is 0.991. The summed E-state index contributed by atoms with van der Waals surface area (Å²) >= 11 is 0. The normalized spacial score (nSPS) is 14.2. The van der Waals surface area contributed by atoms with Crippen LogP contribution in [0.4, 0.5) is 0 Å². The summed E-state index contributed by atoms with van der Waals surface area (Å²) in [5.41, 5.74) is 0.861. The van der Waals surface area contributed by atoms with Crippen molar-refractivity contribution in [3.05, 3.63) is 29.9 Å². The van der Waals surface area contributed by atoms with Crippen LogP contribution in [-0.2, 0) is 0 Å². The second kappa shape index (κ2) is 4.70. The van der Waals surface area contributed by atoms with Gasteiger partial charge in [-0.1, -0.05) is 13.0 Å². The first-order valence-electron chi connectivity index (χ1n) is 4.54. The van der Waals surface area contributed by atoms with E-state index in [1.165, 1.54) is 0 Å². The molecule has 13 heavy (non-hydrogen) atoms. The molecule has 0 radical (unpaired) electrons. The highest BCUT2D eigenvalue weighted by molar-refractivity contribution is 4.91. The predicted molar refractivity (Wildman–Crippen MR) is 52.3 cm³/mol. The van der Waals surface area contributed by atoms with E-state index in [1.54, 1.807) is 11.8 Å². The van der Waals surface area contributed by atoms with Crippen molar-refractivity contribution in [2.75, 3.05) is 7.11 Å². The summed E-state index contributed by atoms with van der Waals surface area (Å²) in [5.74, 6) is 0. The van der Waals surface area contributed by atoms with Gasteiger partial charge in [-0.2, -0.15) is 4.73 Å². The van der Waals surface area contributed by atoms with Crippen LogP contribution in [0, 0.1) is 0 Å². The lowest BCUT2D eigenvalue weighted by Crippen LogP contribution is -2.25. The van der Waals surface area contributed by atoms with E-state index >= 15 is 0 Å². The van der Waals surface area contributed by atoms with Gasteiger partial charge < -0.3 is 4.84 Å². The minimum absolute atomic E-state index is 0.337. The smallest absolute Gasteiger partial charge is 0.163 e. The molecule has 0 amide bonds. The summed E-state index contributed by atoms with van der Waals surface area (Å²) in [6.07, 6.45) is 2.89. The lowest BCUT2D eigenvalue weighted by Gasteiger charge is -2.06. The summed E-state index contributed by atoms with van der Waals surface area (Å²) in [6, 6.07) is 6.15. The van der Waals surface area contributed by atoms with E-state index in [4.69, 9.17) is 4.84 Å². The third-order valence-corrected chi connectivity index (χ3v) is 1.94. The molecule has 1 rings (SSSR count). The summed E-state index contributed by atoms with van der Waals surface area (Å²) in [5, 5.41) is 0. The van der Waals surface area contributed by atoms with Gasteiger partial charge in [0.15, 0.2) is 5.49 Å². The van der Waals surface area contributed by atoms with Gasteiger partial charge in [-0.15, -0.1) is 0 Å². The Hall–Kier alpha value is -1.25. The Bertz CT molecular complexity index is 317. The number of nitrogens with zero attached hydrogens (tertiary/aromatic N) is 2. The van der Waals surface area contributed by atoms with Gasteiger partial charge in [-0.25, -0.2) is 0 Å². The molecule has 0 aliphatic rings. The molecule has 1 heterocycles. The molecule has 0 N–H and O–H groups in total. The molecule has 3 heteroatoms. The van der Waals surface area contributed by atoms with E-state index in [2.05, 4.69) is 18.8 Å². The maximum atomic E-state index is 5.11. The molecular formula is C10H16N2O.